The van der Waals surface area contributed by atoms with Gasteiger partial charge in [0.2, 0.25) is 5.76 Å². The number of amides is 1. The second-order valence-corrected chi connectivity index (χ2v) is 5.25. The molecule has 6 nitrogen and oxygen atoms in total. The maximum absolute atomic E-state index is 12.5. The number of esters is 1. The van der Waals surface area contributed by atoms with Crippen LogP contribution in [0.5, 0.6) is 0 Å². The van der Waals surface area contributed by atoms with Gasteiger partial charge in [-0.2, -0.15) is 0 Å². The highest BCUT2D eigenvalue weighted by molar-refractivity contribution is 6.00. The first kappa shape index (κ1) is 14.3. The molecule has 22 heavy (non-hydrogen) atoms. The second kappa shape index (κ2) is 5.63. The van der Waals surface area contributed by atoms with Gasteiger partial charge in [0.15, 0.2) is 6.10 Å². The van der Waals surface area contributed by atoms with Gasteiger partial charge in [0.1, 0.15) is 0 Å². The van der Waals surface area contributed by atoms with Crippen molar-refractivity contribution in [3.05, 3.63) is 47.3 Å². The van der Waals surface area contributed by atoms with E-state index in [9.17, 15) is 9.59 Å². The first-order valence-corrected chi connectivity index (χ1v) is 7.10. The molecule has 0 radical (unpaired) electrons. The minimum atomic E-state index is -0.885. The normalized spacial score (nSPS) is 14.5. The Labute approximate surface area is 127 Å². The van der Waals surface area contributed by atoms with E-state index in [4.69, 9.17) is 9.26 Å². The minimum absolute atomic E-state index is 0.000952. The van der Waals surface area contributed by atoms with E-state index >= 15 is 0 Å². The average Bonchev–Trinajstić information content (AvgIpc) is 3.12. The summed E-state index contributed by atoms with van der Waals surface area (Å²) in [4.78, 5) is 26.0. The Hall–Kier alpha value is -2.63. The number of aromatic nitrogens is 1. The van der Waals surface area contributed by atoms with E-state index < -0.39 is 12.1 Å². The molecule has 2 heterocycles. The van der Waals surface area contributed by atoms with E-state index in [1.165, 1.54) is 6.07 Å². The van der Waals surface area contributed by atoms with Crippen LogP contribution in [0.3, 0.4) is 0 Å². The van der Waals surface area contributed by atoms with E-state index in [1.807, 2.05) is 24.3 Å². The summed E-state index contributed by atoms with van der Waals surface area (Å²) in [6.07, 6.45) is -0.0757. The van der Waals surface area contributed by atoms with Crippen LogP contribution in [0.4, 0.5) is 5.69 Å². The predicted molar refractivity (Wildman–Crippen MR) is 78.6 cm³/mol. The molecule has 1 aliphatic heterocycles. The quantitative estimate of drug-likeness (QED) is 0.812. The van der Waals surface area contributed by atoms with Crippen molar-refractivity contribution in [3.8, 4) is 0 Å². The maximum Gasteiger partial charge on any atom is 0.377 e. The van der Waals surface area contributed by atoms with Crippen LogP contribution in [0.15, 0.2) is 34.9 Å². The largest absolute Gasteiger partial charge is 0.447 e. The second-order valence-electron chi connectivity index (χ2n) is 5.25. The molecular weight excluding hydrogens is 284 g/mol. The van der Waals surface area contributed by atoms with E-state index in [0.29, 0.717) is 12.2 Å². The van der Waals surface area contributed by atoms with Crippen LogP contribution in [0.1, 0.15) is 28.7 Å². The SMILES string of the molecule is Cc1cc(C(=O)OC(C)C(=O)N2CCc3ccccc32)on1. The molecule has 1 atom stereocenters. The minimum Gasteiger partial charge on any atom is -0.447 e. The number of hydrogen-bond acceptors (Lipinski definition) is 5. The zero-order valence-corrected chi connectivity index (χ0v) is 12.4. The summed E-state index contributed by atoms with van der Waals surface area (Å²) in [6.45, 7) is 3.86. The molecule has 1 aromatic carbocycles. The van der Waals surface area contributed by atoms with Gasteiger partial charge in [0.25, 0.3) is 5.91 Å². The fourth-order valence-electron chi connectivity index (χ4n) is 2.52. The summed E-state index contributed by atoms with van der Waals surface area (Å²) >= 11 is 0. The highest BCUT2D eigenvalue weighted by Gasteiger charge is 2.30. The van der Waals surface area contributed by atoms with Gasteiger partial charge in [-0.3, -0.25) is 4.79 Å². The number of hydrogen-bond donors (Lipinski definition) is 0. The van der Waals surface area contributed by atoms with Gasteiger partial charge in [-0.1, -0.05) is 23.4 Å². The predicted octanol–water partition coefficient (Wildman–Crippen LogP) is 2.12. The number of anilines is 1. The number of carbonyl (C=O) groups is 2. The summed E-state index contributed by atoms with van der Waals surface area (Å²) in [5.41, 5.74) is 2.59. The zero-order valence-electron chi connectivity index (χ0n) is 12.4. The summed E-state index contributed by atoms with van der Waals surface area (Å²) in [5.74, 6) is -0.928. The van der Waals surface area contributed by atoms with E-state index in [0.717, 1.165) is 17.7 Å². The molecule has 3 rings (SSSR count). The van der Waals surface area contributed by atoms with Crippen LogP contribution < -0.4 is 4.90 Å². The standard InChI is InChI=1S/C16H16N2O4/c1-10-9-14(22-17-10)16(20)21-11(2)15(19)18-8-7-12-5-3-4-6-13(12)18/h3-6,9,11H,7-8H2,1-2H3. The number of ether oxygens (including phenoxy) is 1. The van der Waals surface area contributed by atoms with E-state index in [-0.39, 0.29) is 11.7 Å². The lowest BCUT2D eigenvalue weighted by Crippen LogP contribution is -2.39. The Morgan fingerprint density at radius 3 is 2.86 bits per heavy atom. The summed E-state index contributed by atoms with van der Waals surface area (Å²) in [7, 11) is 0. The van der Waals surface area contributed by atoms with Crippen LogP contribution in [0.2, 0.25) is 0 Å². The lowest BCUT2D eigenvalue weighted by molar-refractivity contribution is -0.126. The molecule has 0 N–H and O–H groups in total. The lowest BCUT2D eigenvalue weighted by atomic mass is 10.2. The lowest BCUT2D eigenvalue weighted by Gasteiger charge is -2.21. The molecule has 6 heteroatoms. The molecule has 1 amide bonds. The Kier molecular flexibility index (Phi) is 3.66. The van der Waals surface area contributed by atoms with Gasteiger partial charge < -0.3 is 14.2 Å². The molecule has 1 aromatic heterocycles. The molecule has 114 valence electrons. The van der Waals surface area contributed by atoms with Crippen molar-refractivity contribution in [1.29, 1.82) is 0 Å². The average molecular weight is 300 g/mol. The highest BCUT2D eigenvalue weighted by Crippen LogP contribution is 2.28. The molecule has 0 fully saturated rings. The summed E-state index contributed by atoms with van der Waals surface area (Å²) in [6, 6.07) is 9.21. The highest BCUT2D eigenvalue weighted by atomic mass is 16.6. The first-order valence-electron chi connectivity index (χ1n) is 7.10. The Balaban J connectivity index is 1.69. The Bertz CT molecular complexity index is 722. The van der Waals surface area contributed by atoms with Gasteiger partial charge in [-0.15, -0.1) is 0 Å². The Morgan fingerprint density at radius 2 is 2.14 bits per heavy atom. The monoisotopic (exact) mass is 300 g/mol. The van der Waals surface area contributed by atoms with Crippen molar-refractivity contribution >= 4 is 17.6 Å². The van der Waals surface area contributed by atoms with Crippen molar-refractivity contribution in [2.24, 2.45) is 0 Å². The van der Waals surface area contributed by atoms with Crippen LogP contribution in [0.25, 0.3) is 0 Å². The molecule has 2 aromatic rings. The number of benzene rings is 1. The summed E-state index contributed by atoms with van der Waals surface area (Å²) in [5, 5.41) is 3.63. The van der Waals surface area contributed by atoms with E-state index in [1.54, 1.807) is 18.7 Å². The number of nitrogens with zero attached hydrogens (tertiary/aromatic N) is 2. The number of fused-ring (bicyclic) bond motifs is 1. The van der Waals surface area contributed by atoms with Crippen molar-refractivity contribution in [1.82, 2.24) is 5.16 Å². The molecule has 0 saturated carbocycles. The molecule has 0 aliphatic carbocycles. The van der Waals surface area contributed by atoms with Crippen molar-refractivity contribution in [3.63, 3.8) is 0 Å². The fourth-order valence-corrected chi connectivity index (χ4v) is 2.52. The smallest absolute Gasteiger partial charge is 0.377 e. The van der Waals surface area contributed by atoms with Gasteiger partial charge >= 0.3 is 5.97 Å². The third-order valence-corrected chi connectivity index (χ3v) is 3.61. The van der Waals surface area contributed by atoms with Crippen LogP contribution in [-0.2, 0) is 16.0 Å². The number of carbonyl (C=O) groups excluding carboxylic acids is 2. The topological polar surface area (TPSA) is 72.6 Å². The number of rotatable bonds is 3. The molecule has 0 saturated heterocycles. The van der Waals surface area contributed by atoms with Gasteiger partial charge in [0.05, 0.1) is 5.69 Å². The molecule has 1 aliphatic rings. The van der Waals surface area contributed by atoms with Crippen LogP contribution in [-0.4, -0.2) is 29.7 Å². The fraction of sp³-hybridized carbons (Fsp3) is 0.312. The van der Waals surface area contributed by atoms with Crippen LogP contribution in [0, 0.1) is 6.92 Å². The van der Waals surface area contributed by atoms with E-state index in [2.05, 4.69) is 5.16 Å². The van der Waals surface area contributed by atoms with Crippen LogP contribution >= 0.6 is 0 Å². The van der Waals surface area contributed by atoms with Crippen molar-refractivity contribution < 1.29 is 18.8 Å². The van der Waals surface area contributed by atoms with Crippen molar-refractivity contribution in [2.45, 2.75) is 26.4 Å². The first-order chi connectivity index (χ1) is 10.6. The number of para-hydroxylation sites is 1. The number of aryl methyl sites for hydroxylation is 1. The van der Waals surface area contributed by atoms with Gasteiger partial charge in [-0.25, -0.2) is 4.79 Å². The molecule has 1 unspecified atom stereocenters. The molecule has 0 bridgehead atoms. The third-order valence-electron chi connectivity index (χ3n) is 3.61. The van der Waals surface area contributed by atoms with Crippen molar-refractivity contribution in [2.75, 3.05) is 11.4 Å². The molecule has 0 spiro atoms. The third kappa shape index (κ3) is 2.59. The Morgan fingerprint density at radius 1 is 1.36 bits per heavy atom. The molecular formula is C16H16N2O4. The maximum atomic E-state index is 12.5. The van der Waals surface area contributed by atoms with Gasteiger partial charge in [-0.05, 0) is 31.9 Å². The summed E-state index contributed by atoms with van der Waals surface area (Å²) < 4.78 is 10.0. The zero-order chi connectivity index (χ0) is 15.7. The van der Waals surface area contributed by atoms with Gasteiger partial charge in [0, 0.05) is 18.3 Å².